The number of aryl methyl sites for hydroxylation is 1. The summed E-state index contributed by atoms with van der Waals surface area (Å²) >= 11 is 0. The maximum Gasteiger partial charge on any atom is 0.224 e. The molecular formula is C24H25NO2. The van der Waals surface area contributed by atoms with Crippen molar-refractivity contribution in [1.82, 2.24) is 5.32 Å². The van der Waals surface area contributed by atoms with Gasteiger partial charge in [-0.05, 0) is 40.8 Å². The highest BCUT2D eigenvalue weighted by Gasteiger charge is 2.04. The Balaban J connectivity index is 1.41. The van der Waals surface area contributed by atoms with E-state index in [2.05, 4.69) is 48.6 Å². The Kier molecular flexibility index (Phi) is 6.64. The molecule has 1 N–H and O–H groups in total. The summed E-state index contributed by atoms with van der Waals surface area (Å²) in [6, 6.07) is 26.4. The van der Waals surface area contributed by atoms with Gasteiger partial charge in [-0.25, -0.2) is 0 Å². The summed E-state index contributed by atoms with van der Waals surface area (Å²) in [5.41, 5.74) is 4.62. The van der Waals surface area contributed by atoms with Gasteiger partial charge in [0, 0.05) is 0 Å². The number of ether oxygens (including phenoxy) is 1. The molecule has 27 heavy (non-hydrogen) atoms. The maximum atomic E-state index is 12.1. The molecule has 0 aliphatic heterocycles. The van der Waals surface area contributed by atoms with Gasteiger partial charge in [0.2, 0.25) is 5.91 Å². The summed E-state index contributed by atoms with van der Waals surface area (Å²) in [7, 11) is 0. The molecule has 3 nitrogen and oxygen atoms in total. The fraction of sp³-hybridized carbons (Fsp3) is 0.208. The van der Waals surface area contributed by atoms with Gasteiger partial charge < -0.3 is 10.1 Å². The van der Waals surface area contributed by atoms with E-state index in [4.69, 9.17) is 4.74 Å². The predicted octanol–water partition coefficient (Wildman–Crippen LogP) is 4.65. The minimum Gasteiger partial charge on any atom is -0.492 e. The first-order valence-electron chi connectivity index (χ1n) is 9.37. The van der Waals surface area contributed by atoms with E-state index in [-0.39, 0.29) is 5.91 Å². The topological polar surface area (TPSA) is 38.3 Å². The highest BCUT2D eigenvalue weighted by atomic mass is 16.5. The van der Waals surface area contributed by atoms with Crippen molar-refractivity contribution in [2.24, 2.45) is 0 Å². The number of nitrogens with one attached hydrogen (secondary N) is 1. The molecule has 0 radical (unpaired) electrons. The molecule has 0 fully saturated rings. The zero-order valence-electron chi connectivity index (χ0n) is 15.7. The average Bonchev–Trinajstić information content (AvgIpc) is 2.73. The first kappa shape index (κ1) is 18.7. The summed E-state index contributed by atoms with van der Waals surface area (Å²) in [5.74, 6) is 0.838. The third kappa shape index (κ3) is 5.71. The number of rotatable bonds is 8. The van der Waals surface area contributed by atoms with E-state index >= 15 is 0 Å². The third-order valence-corrected chi connectivity index (χ3v) is 4.45. The lowest BCUT2D eigenvalue weighted by molar-refractivity contribution is -0.120. The lowest BCUT2D eigenvalue weighted by Gasteiger charge is -2.09. The van der Waals surface area contributed by atoms with Crippen LogP contribution >= 0.6 is 0 Å². The van der Waals surface area contributed by atoms with E-state index in [0.717, 1.165) is 23.3 Å². The standard InChI is InChI=1S/C24H25NO2/c1-2-19-10-14-23(15-11-19)27-17-16-25-24(26)18-20-8-12-22(13-9-20)21-6-4-3-5-7-21/h3-15H,2,16-18H2,1H3,(H,25,26). The van der Waals surface area contributed by atoms with Gasteiger partial charge >= 0.3 is 0 Å². The number of hydrogen-bond donors (Lipinski definition) is 1. The second-order valence-corrected chi connectivity index (χ2v) is 6.44. The van der Waals surface area contributed by atoms with Crippen LogP contribution in [0.1, 0.15) is 18.1 Å². The molecule has 0 aromatic heterocycles. The minimum absolute atomic E-state index is 0.00684. The van der Waals surface area contributed by atoms with E-state index in [1.807, 2.05) is 42.5 Å². The Morgan fingerprint density at radius 1 is 0.815 bits per heavy atom. The fourth-order valence-electron chi connectivity index (χ4n) is 2.87. The van der Waals surface area contributed by atoms with Crippen molar-refractivity contribution in [2.75, 3.05) is 13.2 Å². The monoisotopic (exact) mass is 359 g/mol. The Labute approximate surface area is 161 Å². The SMILES string of the molecule is CCc1ccc(OCCNC(=O)Cc2ccc(-c3ccccc3)cc2)cc1. The smallest absolute Gasteiger partial charge is 0.224 e. The number of carbonyl (C=O) groups is 1. The van der Waals surface area contributed by atoms with Crippen molar-refractivity contribution in [3.05, 3.63) is 90.0 Å². The second-order valence-electron chi connectivity index (χ2n) is 6.44. The largest absolute Gasteiger partial charge is 0.492 e. The Hall–Kier alpha value is -3.07. The number of amides is 1. The molecule has 3 rings (SSSR count). The number of hydrogen-bond acceptors (Lipinski definition) is 2. The van der Waals surface area contributed by atoms with E-state index < -0.39 is 0 Å². The van der Waals surface area contributed by atoms with Crippen molar-refractivity contribution >= 4 is 5.91 Å². The van der Waals surface area contributed by atoms with Crippen molar-refractivity contribution in [3.63, 3.8) is 0 Å². The normalized spacial score (nSPS) is 10.4. The zero-order valence-corrected chi connectivity index (χ0v) is 15.7. The first-order valence-corrected chi connectivity index (χ1v) is 9.37. The van der Waals surface area contributed by atoms with Gasteiger partial charge in [-0.3, -0.25) is 4.79 Å². The molecule has 3 aromatic rings. The number of benzene rings is 3. The molecule has 3 aromatic carbocycles. The van der Waals surface area contributed by atoms with Crippen LogP contribution in [0.3, 0.4) is 0 Å². The van der Waals surface area contributed by atoms with Gasteiger partial charge in [-0.15, -0.1) is 0 Å². The van der Waals surface area contributed by atoms with Gasteiger partial charge in [0.25, 0.3) is 0 Å². The molecule has 0 atom stereocenters. The van der Waals surface area contributed by atoms with Crippen LogP contribution in [0.25, 0.3) is 11.1 Å². The van der Waals surface area contributed by atoms with Crippen molar-refractivity contribution < 1.29 is 9.53 Å². The number of carbonyl (C=O) groups excluding carboxylic acids is 1. The zero-order chi connectivity index (χ0) is 18.9. The van der Waals surface area contributed by atoms with E-state index in [0.29, 0.717) is 19.6 Å². The molecule has 0 spiro atoms. The molecule has 138 valence electrons. The van der Waals surface area contributed by atoms with Crippen LogP contribution in [-0.2, 0) is 17.6 Å². The van der Waals surface area contributed by atoms with Crippen LogP contribution in [0.15, 0.2) is 78.9 Å². The Morgan fingerprint density at radius 3 is 2.11 bits per heavy atom. The van der Waals surface area contributed by atoms with Gasteiger partial charge in [0.05, 0.1) is 13.0 Å². The summed E-state index contributed by atoms with van der Waals surface area (Å²) in [6.45, 7) is 3.08. The van der Waals surface area contributed by atoms with E-state index in [1.165, 1.54) is 11.1 Å². The summed E-state index contributed by atoms with van der Waals surface area (Å²) < 4.78 is 5.66. The third-order valence-electron chi connectivity index (χ3n) is 4.45. The van der Waals surface area contributed by atoms with Crippen molar-refractivity contribution in [1.29, 1.82) is 0 Å². The molecule has 1 amide bonds. The van der Waals surface area contributed by atoms with Gasteiger partial charge in [-0.2, -0.15) is 0 Å². The first-order chi connectivity index (χ1) is 13.2. The van der Waals surface area contributed by atoms with Crippen LogP contribution in [0.5, 0.6) is 5.75 Å². The predicted molar refractivity (Wildman–Crippen MR) is 110 cm³/mol. The quantitative estimate of drug-likeness (QED) is 0.594. The van der Waals surface area contributed by atoms with Gasteiger partial charge in [0.1, 0.15) is 12.4 Å². The Bertz CT molecular complexity index is 840. The molecule has 0 bridgehead atoms. The van der Waals surface area contributed by atoms with E-state index in [9.17, 15) is 4.79 Å². The summed E-state index contributed by atoms with van der Waals surface area (Å²) in [6.07, 6.45) is 1.39. The van der Waals surface area contributed by atoms with Crippen LogP contribution < -0.4 is 10.1 Å². The molecule has 0 aliphatic carbocycles. The van der Waals surface area contributed by atoms with Gasteiger partial charge in [0.15, 0.2) is 0 Å². The lowest BCUT2D eigenvalue weighted by atomic mass is 10.0. The highest BCUT2D eigenvalue weighted by Crippen LogP contribution is 2.19. The average molecular weight is 359 g/mol. The maximum absolute atomic E-state index is 12.1. The highest BCUT2D eigenvalue weighted by molar-refractivity contribution is 5.78. The molecular weight excluding hydrogens is 334 g/mol. The second kappa shape index (κ2) is 9.58. The van der Waals surface area contributed by atoms with Crippen LogP contribution in [-0.4, -0.2) is 19.1 Å². The fourth-order valence-corrected chi connectivity index (χ4v) is 2.87. The summed E-state index contributed by atoms with van der Waals surface area (Å²) in [4.78, 5) is 12.1. The molecule has 0 saturated carbocycles. The van der Waals surface area contributed by atoms with Gasteiger partial charge in [-0.1, -0.05) is 73.7 Å². The van der Waals surface area contributed by atoms with Crippen LogP contribution in [0.2, 0.25) is 0 Å². The van der Waals surface area contributed by atoms with Crippen LogP contribution in [0, 0.1) is 0 Å². The summed E-state index contributed by atoms with van der Waals surface area (Å²) in [5, 5.41) is 2.91. The van der Waals surface area contributed by atoms with E-state index in [1.54, 1.807) is 0 Å². The lowest BCUT2D eigenvalue weighted by Crippen LogP contribution is -2.29. The molecule has 0 unspecified atom stereocenters. The van der Waals surface area contributed by atoms with Crippen molar-refractivity contribution in [3.8, 4) is 16.9 Å². The van der Waals surface area contributed by atoms with Crippen molar-refractivity contribution in [2.45, 2.75) is 19.8 Å². The molecule has 0 aliphatic rings. The Morgan fingerprint density at radius 2 is 1.44 bits per heavy atom. The minimum atomic E-state index is 0.00684. The molecule has 0 heterocycles. The molecule has 0 saturated heterocycles. The van der Waals surface area contributed by atoms with Crippen LogP contribution in [0.4, 0.5) is 0 Å². The molecule has 3 heteroatoms.